The van der Waals surface area contributed by atoms with Crippen LogP contribution in [0, 0.1) is 6.61 Å². The normalized spacial score (nSPS) is 11.2. The molecule has 0 aliphatic heterocycles. The lowest BCUT2D eigenvalue weighted by Crippen LogP contribution is -2.11. The Balaban J connectivity index is 3.58. The van der Waals surface area contributed by atoms with Crippen molar-refractivity contribution in [1.82, 2.24) is 0 Å². The van der Waals surface area contributed by atoms with E-state index >= 15 is 0 Å². The number of hydrogen-bond acceptors (Lipinski definition) is 5. The van der Waals surface area contributed by atoms with E-state index in [1.54, 1.807) is 0 Å². The molecule has 0 rings (SSSR count). The van der Waals surface area contributed by atoms with Gasteiger partial charge in [0.2, 0.25) is 0 Å². The molecule has 1 N–H and O–H groups in total. The molecule has 0 aromatic carbocycles. The fourth-order valence-electron chi connectivity index (χ4n) is 0.356. The van der Waals surface area contributed by atoms with Crippen LogP contribution >= 0.6 is 0 Å². The van der Waals surface area contributed by atoms with Crippen LogP contribution in [0.4, 0.5) is 0 Å². The van der Waals surface area contributed by atoms with E-state index < -0.39 is 28.3 Å². The molecule has 7 heteroatoms. The van der Waals surface area contributed by atoms with Gasteiger partial charge in [-0.15, -0.1) is 0 Å². The molecule has 0 aromatic rings. The standard InChI is InChI=1S/C5H9O6S/c1-2-10-11-5(6)3-4-12(7,8)9/h2H,3-4H2,1H3,(H,7,8,9). The lowest BCUT2D eigenvalue weighted by atomic mass is 10.5. The third-order valence-corrected chi connectivity index (χ3v) is 1.52. The van der Waals surface area contributed by atoms with Crippen molar-refractivity contribution in [3.63, 3.8) is 0 Å². The fourth-order valence-corrected chi connectivity index (χ4v) is 0.780. The van der Waals surface area contributed by atoms with Crippen molar-refractivity contribution in [2.45, 2.75) is 13.3 Å². The summed E-state index contributed by atoms with van der Waals surface area (Å²) in [5.74, 6) is -1.52. The van der Waals surface area contributed by atoms with Crippen molar-refractivity contribution in [2.24, 2.45) is 0 Å². The third kappa shape index (κ3) is 7.45. The number of hydrogen-bond donors (Lipinski definition) is 1. The van der Waals surface area contributed by atoms with Gasteiger partial charge in [0.15, 0.2) is 0 Å². The molecule has 0 unspecified atom stereocenters. The van der Waals surface area contributed by atoms with Gasteiger partial charge in [-0.3, -0.25) is 9.44 Å². The first-order valence-corrected chi connectivity index (χ1v) is 4.66. The van der Waals surface area contributed by atoms with Gasteiger partial charge in [0.25, 0.3) is 10.1 Å². The molecule has 0 saturated carbocycles. The topological polar surface area (TPSA) is 89.9 Å². The summed E-state index contributed by atoms with van der Waals surface area (Å²) in [6.07, 6.45) is -0.438. The first kappa shape index (κ1) is 11.3. The summed E-state index contributed by atoms with van der Waals surface area (Å²) in [7, 11) is -4.11. The van der Waals surface area contributed by atoms with E-state index in [0.29, 0.717) is 0 Å². The van der Waals surface area contributed by atoms with E-state index in [2.05, 4.69) is 9.78 Å². The zero-order chi connectivity index (χ0) is 9.61. The molecule has 0 aromatic heterocycles. The molecule has 0 aliphatic rings. The highest BCUT2D eigenvalue weighted by Crippen LogP contribution is 1.93. The lowest BCUT2D eigenvalue weighted by Gasteiger charge is -1.98. The van der Waals surface area contributed by atoms with E-state index in [-0.39, 0.29) is 0 Å². The summed E-state index contributed by atoms with van der Waals surface area (Å²) in [4.78, 5) is 18.6. The Morgan fingerprint density at radius 3 is 2.58 bits per heavy atom. The average molecular weight is 197 g/mol. The van der Waals surface area contributed by atoms with Gasteiger partial charge in [0, 0.05) is 0 Å². The third-order valence-electron chi connectivity index (χ3n) is 0.801. The van der Waals surface area contributed by atoms with Crippen LogP contribution in [-0.4, -0.2) is 24.7 Å². The fraction of sp³-hybridized carbons (Fsp3) is 0.600. The van der Waals surface area contributed by atoms with Crippen LogP contribution in [-0.2, 0) is 24.7 Å². The van der Waals surface area contributed by atoms with Crippen molar-refractivity contribution in [1.29, 1.82) is 0 Å². The Kier molecular flexibility index (Phi) is 4.79. The SMILES string of the molecule is C[CH]OOC(=O)CCS(=O)(=O)O. The van der Waals surface area contributed by atoms with Crippen molar-refractivity contribution in [3.05, 3.63) is 6.61 Å². The summed E-state index contributed by atoms with van der Waals surface area (Å²) in [5.41, 5.74) is 0. The number of carbonyl (C=O) groups is 1. The molecule has 0 spiro atoms. The number of carbonyl (C=O) groups excluding carboxylic acids is 1. The maximum atomic E-state index is 10.5. The Morgan fingerprint density at radius 1 is 1.58 bits per heavy atom. The monoisotopic (exact) mass is 197 g/mol. The summed E-state index contributed by atoms with van der Waals surface area (Å²) in [5, 5.41) is 0. The van der Waals surface area contributed by atoms with E-state index in [9.17, 15) is 13.2 Å². The van der Waals surface area contributed by atoms with Gasteiger partial charge in [0.1, 0.15) is 6.61 Å². The lowest BCUT2D eigenvalue weighted by molar-refractivity contribution is -0.250. The maximum absolute atomic E-state index is 10.5. The summed E-state index contributed by atoms with van der Waals surface area (Å²) >= 11 is 0. The second-order valence-electron chi connectivity index (χ2n) is 1.82. The van der Waals surface area contributed by atoms with Gasteiger partial charge >= 0.3 is 5.97 Å². The minimum absolute atomic E-state index is 0.438. The van der Waals surface area contributed by atoms with Gasteiger partial charge in [-0.2, -0.15) is 13.3 Å². The van der Waals surface area contributed by atoms with Crippen molar-refractivity contribution in [2.75, 3.05) is 5.75 Å². The first-order chi connectivity index (χ1) is 5.45. The van der Waals surface area contributed by atoms with Gasteiger partial charge in [-0.25, -0.2) is 4.79 Å². The predicted molar refractivity (Wildman–Crippen MR) is 38.2 cm³/mol. The molecule has 6 nitrogen and oxygen atoms in total. The molecule has 0 amide bonds. The van der Waals surface area contributed by atoms with E-state index in [1.165, 1.54) is 6.92 Å². The van der Waals surface area contributed by atoms with Crippen LogP contribution in [0.25, 0.3) is 0 Å². The van der Waals surface area contributed by atoms with Gasteiger partial charge < -0.3 is 0 Å². The number of rotatable bonds is 5. The smallest absolute Gasteiger partial charge is 0.298 e. The highest BCUT2D eigenvalue weighted by molar-refractivity contribution is 7.85. The summed E-state index contributed by atoms with van der Waals surface area (Å²) in [6.45, 7) is 2.60. The van der Waals surface area contributed by atoms with Crippen LogP contribution in [0.1, 0.15) is 13.3 Å². The maximum Gasteiger partial charge on any atom is 0.343 e. The zero-order valence-electron chi connectivity index (χ0n) is 6.39. The second kappa shape index (κ2) is 5.07. The van der Waals surface area contributed by atoms with Gasteiger partial charge in [-0.1, -0.05) is 0 Å². The Bertz CT molecular complexity index is 230. The Morgan fingerprint density at radius 2 is 2.17 bits per heavy atom. The Hall–Kier alpha value is -0.660. The van der Waals surface area contributed by atoms with Gasteiger partial charge in [0.05, 0.1) is 12.2 Å². The van der Waals surface area contributed by atoms with Crippen LogP contribution in [0.2, 0.25) is 0 Å². The molecule has 0 fully saturated rings. The largest absolute Gasteiger partial charge is 0.343 e. The van der Waals surface area contributed by atoms with E-state index in [4.69, 9.17) is 4.55 Å². The molecule has 0 heterocycles. The quantitative estimate of drug-likeness (QED) is 0.376. The average Bonchev–Trinajstić information content (AvgIpc) is 1.95. The predicted octanol–water partition coefficient (Wildman–Crippen LogP) is -0.0792. The van der Waals surface area contributed by atoms with Crippen LogP contribution in [0.15, 0.2) is 0 Å². The Labute approximate surface area is 70.1 Å². The van der Waals surface area contributed by atoms with Crippen LogP contribution in [0.5, 0.6) is 0 Å². The molecule has 71 valence electrons. The molecular formula is C5H9O6S. The highest BCUT2D eigenvalue weighted by Gasteiger charge is 2.10. The van der Waals surface area contributed by atoms with E-state index in [1.807, 2.05) is 0 Å². The molecule has 0 saturated heterocycles. The minimum Gasteiger partial charge on any atom is -0.298 e. The summed E-state index contributed by atoms with van der Waals surface area (Å²) in [6, 6.07) is 0. The van der Waals surface area contributed by atoms with Crippen molar-refractivity contribution in [3.8, 4) is 0 Å². The molecule has 12 heavy (non-hydrogen) atoms. The molecule has 0 bridgehead atoms. The zero-order valence-corrected chi connectivity index (χ0v) is 7.20. The molecule has 1 radical (unpaired) electrons. The van der Waals surface area contributed by atoms with Crippen molar-refractivity contribution >= 4 is 16.1 Å². The van der Waals surface area contributed by atoms with Crippen LogP contribution < -0.4 is 0 Å². The van der Waals surface area contributed by atoms with Crippen LogP contribution in [0.3, 0.4) is 0 Å². The summed E-state index contributed by atoms with van der Waals surface area (Å²) < 4.78 is 28.4. The molecule has 0 atom stereocenters. The first-order valence-electron chi connectivity index (χ1n) is 3.05. The van der Waals surface area contributed by atoms with Crippen molar-refractivity contribution < 1.29 is 27.5 Å². The minimum atomic E-state index is -4.11. The molecule has 0 aliphatic carbocycles. The second-order valence-corrected chi connectivity index (χ2v) is 3.40. The van der Waals surface area contributed by atoms with Gasteiger partial charge in [-0.05, 0) is 6.92 Å². The highest BCUT2D eigenvalue weighted by atomic mass is 32.2. The van der Waals surface area contributed by atoms with E-state index in [0.717, 1.165) is 6.61 Å². The molecular weight excluding hydrogens is 188 g/mol.